The molecule has 0 saturated carbocycles. The second-order valence-electron chi connectivity index (χ2n) is 4.90. The highest BCUT2D eigenvalue weighted by atomic mass is 19.4. The maximum atomic E-state index is 12.5. The summed E-state index contributed by atoms with van der Waals surface area (Å²) in [6.07, 6.45) is -3.99. The summed E-state index contributed by atoms with van der Waals surface area (Å²) >= 11 is 0. The van der Waals surface area contributed by atoms with Crippen LogP contribution in [0.3, 0.4) is 0 Å². The first-order valence-electron chi connectivity index (χ1n) is 6.76. The van der Waals surface area contributed by atoms with Gasteiger partial charge >= 0.3 is 6.18 Å². The molecule has 1 aliphatic rings. The highest BCUT2D eigenvalue weighted by Crippen LogP contribution is 2.30. The molecule has 1 atom stereocenters. The Hall–Kier alpha value is -2.53. The van der Waals surface area contributed by atoms with E-state index in [-0.39, 0.29) is 5.69 Å². The zero-order chi connectivity index (χ0) is 17.0. The van der Waals surface area contributed by atoms with E-state index in [1.165, 1.54) is 0 Å². The van der Waals surface area contributed by atoms with Gasteiger partial charge in [-0.3, -0.25) is 4.79 Å². The molecular weight excluding hydrogens is 313 g/mol. The molecule has 8 heteroatoms. The molecule has 0 aromatic heterocycles. The molecule has 0 spiro atoms. The van der Waals surface area contributed by atoms with Crippen LogP contribution in [0.4, 0.5) is 18.9 Å². The lowest BCUT2D eigenvalue weighted by molar-refractivity contribution is -0.137. The number of hydrogen-bond donors (Lipinski definition) is 2. The molecule has 1 heterocycles. The number of nitriles is 1. The molecule has 1 aromatic carbocycles. The molecule has 23 heavy (non-hydrogen) atoms. The minimum atomic E-state index is -4.47. The van der Waals surface area contributed by atoms with Gasteiger partial charge in [-0.1, -0.05) is 0 Å². The summed E-state index contributed by atoms with van der Waals surface area (Å²) < 4.78 is 42.6. The Morgan fingerprint density at radius 3 is 2.48 bits per heavy atom. The number of carbonyl (C=O) groups is 1. The maximum Gasteiger partial charge on any atom is 0.416 e. The Morgan fingerprint density at radius 2 is 2.00 bits per heavy atom. The zero-order valence-corrected chi connectivity index (χ0v) is 11.9. The van der Waals surface area contributed by atoms with Gasteiger partial charge in [-0.25, -0.2) is 0 Å². The van der Waals surface area contributed by atoms with Crippen LogP contribution < -0.4 is 5.32 Å². The van der Waals surface area contributed by atoms with Gasteiger partial charge < -0.3 is 15.2 Å². The van der Waals surface area contributed by atoms with Crippen LogP contribution in [0.25, 0.3) is 0 Å². The summed E-state index contributed by atoms with van der Waals surface area (Å²) in [5.74, 6) is -1.37. The number of benzene rings is 1. The van der Waals surface area contributed by atoms with Crippen molar-refractivity contribution in [2.24, 2.45) is 0 Å². The summed E-state index contributed by atoms with van der Waals surface area (Å²) in [6, 6.07) is 5.35. The van der Waals surface area contributed by atoms with Gasteiger partial charge in [0.2, 0.25) is 0 Å². The number of carbonyl (C=O) groups excluding carboxylic acids is 1. The third kappa shape index (κ3) is 4.02. The highest BCUT2D eigenvalue weighted by Gasteiger charge is 2.30. The van der Waals surface area contributed by atoms with Crippen LogP contribution >= 0.6 is 0 Å². The molecule has 1 aromatic rings. The number of anilines is 1. The van der Waals surface area contributed by atoms with Gasteiger partial charge in [0.1, 0.15) is 17.9 Å². The number of aliphatic hydroxyl groups excluding tert-OH is 1. The molecule has 0 aliphatic carbocycles. The number of alkyl halides is 3. The van der Waals surface area contributed by atoms with Gasteiger partial charge in [0.25, 0.3) is 5.91 Å². The molecule has 0 bridgehead atoms. The number of nitrogens with zero attached hydrogens (tertiary/aromatic N) is 1. The molecule has 1 unspecified atom stereocenters. The van der Waals surface area contributed by atoms with Gasteiger partial charge in [-0.2, -0.15) is 18.4 Å². The quantitative estimate of drug-likeness (QED) is 0.508. The van der Waals surface area contributed by atoms with Crippen molar-refractivity contribution in [2.45, 2.75) is 25.1 Å². The molecule has 2 rings (SSSR count). The number of ether oxygens (including phenoxy) is 1. The average molecular weight is 326 g/mol. The zero-order valence-electron chi connectivity index (χ0n) is 11.9. The van der Waals surface area contributed by atoms with Crippen molar-refractivity contribution in [3.05, 3.63) is 41.2 Å². The SMILES string of the molecule is N#C/C(C(=O)Nc1ccc(C(F)(F)F)cc1)=C(/O)C1CCCO1. The van der Waals surface area contributed by atoms with Gasteiger partial charge in [-0.05, 0) is 37.1 Å². The predicted octanol–water partition coefficient (Wildman–Crippen LogP) is 3.16. The average Bonchev–Trinajstić information content (AvgIpc) is 3.01. The van der Waals surface area contributed by atoms with Crippen molar-refractivity contribution in [2.75, 3.05) is 11.9 Å². The summed E-state index contributed by atoms with van der Waals surface area (Å²) in [5, 5.41) is 21.2. The number of aliphatic hydroxyl groups is 1. The number of hydrogen-bond acceptors (Lipinski definition) is 4. The van der Waals surface area contributed by atoms with E-state index in [0.29, 0.717) is 19.4 Å². The largest absolute Gasteiger partial charge is 0.508 e. The van der Waals surface area contributed by atoms with E-state index in [9.17, 15) is 23.1 Å². The van der Waals surface area contributed by atoms with E-state index >= 15 is 0 Å². The highest BCUT2D eigenvalue weighted by molar-refractivity contribution is 6.07. The van der Waals surface area contributed by atoms with Crippen molar-refractivity contribution in [3.8, 4) is 6.07 Å². The Morgan fingerprint density at radius 1 is 1.35 bits per heavy atom. The molecule has 2 N–H and O–H groups in total. The molecule has 0 radical (unpaired) electrons. The Labute approximate surface area is 130 Å². The van der Waals surface area contributed by atoms with Crippen molar-refractivity contribution < 1.29 is 27.8 Å². The minimum Gasteiger partial charge on any atom is -0.508 e. The van der Waals surface area contributed by atoms with Crippen molar-refractivity contribution in [3.63, 3.8) is 0 Å². The first-order valence-corrected chi connectivity index (χ1v) is 6.76. The van der Waals surface area contributed by atoms with Gasteiger partial charge in [0.15, 0.2) is 5.57 Å². The summed E-state index contributed by atoms with van der Waals surface area (Å²) in [4.78, 5) is 12.0. The van der Waals surface area contributed by atoms with Crippen molar-refractivity contribution in [1.29, 1.82) is 5.26 Å². The lowest BCUT2D eigenvalue weighted by Crippen LogP contribution is -2.20. The second-order valence-corrected chi connectivity index (χ2v) is 4.90. The number of amides is 1. The van der Waals surface area contributed by atoms with E-state index < -0.39 is 35.1 Å². The number of rotatable bonds is 3. The minimum absolute atomic E-state index is 0.0795. The fraction of sp³-hybridized carbons (Fsp3) is 0.333. The van der Waals surface area contributed by atoms with Crippen molar-refractivity contribution >= 4 is 11.6 Å². The second kappa shape index (κ2) is 6.71. The van der Waals surface area contributed by atoms with Gasteiger partial charge in [-0.15, -0.1) is 0 Å². The van der Waals surface area contributed by atoms with Crippen LogP contribution in [0.1, 0.15) is 18.4 Å². The smallest absolute Gasteiger partial charge is 0.416 e. The fourth-order valence-electron chi connectivity index (χ4n) is 2.11. The monoisotopic (exact) mass is 326 g/mol. The predicted molar refractivity (Wildman–Crippen MR) is 74.3 cm³/mol. The maximum absolute atomic E-state index is 12.5. The van der Waals surface area contributed by atoms with Crippen LogP contribution in [0.15, 0.2) is 35.6 Å². The van der Waals surface area contributed by atoms with E-state index in [1.807, 2.05) is 0 Å². The lowest BCUT2D eigenvalue weighted by Gasteiger charge is -2.11. The Bertz CT molecular complexity index is 654. The van der Waals surface area contributed by atoms with Crippen LogP contribution in [-0.2, 0) is 15.7 Å². The molecule has 5 nitrogen and oxygen atoms in total. The van der Waals surface area contributed by atoms with E-state index in [0.717, 1.165) is 24.3 Å². The standard InChI is InChI=1S/C15H13F3N2O3/c16-15(17,18)9-3-5-10(6-4-9)20-14(22)11(8-19)13(21)12-2-1-7-23-12/h3-6,12,21H,1-2,7H2,(H,20,22)/b13-11-. The van der Waals surface area contributed by atoms with Gasteiger partial charge in [0.05, 0.1) is 5.56 Å². The fourth-order valence-corrected chi connectivity index (χ4v) is 2.11. The Kier molecular flexibility index (Phi) is 4.91. The summed E-state index contributed by atoms with van der Waals surface area (Å²) in [7, 11) is 0. The van der Waals surface area contributed by atoms with E-state index in [1.54, 1.807) is 6.07 Å². The molecule has 1 aliphatic heterocycles. The molecule has 122 valence electrons. The first kappa shape index (κ1) is 16.8. The number of halogens is 3. The lowest BCUT2D eigenvalue weighted by atomic mass is 10.1. The molecule has 1 amide bonds. The van der Waals surface area contributed by atoms with Crippen LogP contribution in [0.2, 0.25) is 0 Å². The molecular formula is C15H13F3N2O3. The van der Waals surface area contributed by atoms with Gasteiger partial charge in [0, 0.05) is 12.3 Å². The van der Waals surface area contributed by atoms with Crippen molar-refractivity contribution in [1.82, 2.24) is 0 Å². The van der Waals surface area contributed by atoms with Crippen LogP contribution in [0, 0.1) is 11.3 Å². The molecule has 1 saturated heterocycles. The topological polar surface area (TPSA) is 82.4 Å². The van der Waals surface area contributed by atoms with E-state index in [4.69, 9.17) is 10.00 Å². The van der Waals surface area contributed by atoms with Crippen LogP contribution in [0.5, 0.6) is 0 Å². The third-order valence-corrected chi connectivity index (χ3v) is 3.30. The number of nitrogens with one attached hydrogen (secondary N) is 1. The first-order chi connectivity index (χ1) is 10.8. The molecule has 1 fully saturated rings. The van der Waals surface area contributed by atoms with E-state index in [2.05, 4.69) is 5.32 Å². The van der Waals surface area contributed by atoms with Crippen LogP contribution in [-0.4, -0.2) is 23.7 Å². The summed E-state index contributed by atoms with van der Waals surface area (Å²) in [6.45, 7) is 0.425. The Balaban J connectivity index is 2.14. The summed E-state index contributed by atoms with van der Waals surface area (Å²) in [5.41, 5.74) is -1.29. The third-order valence-electron chi connectivity index (χ3n) is 3.30. The normalized spacial score (nSPS) is 19.0.